The third-order valence-corrected chi connectivity index (χ3v) is 4.53. The van der Waals surface area contributed by atoms with Crippen LogP contribution in [0.5, 0.6) is 5.75 Å². The molecule has 1 aromatic rings. The molecule has 1 aliphatic rings. The van der Waals surface area contributed by atoms with Gasteiger partial charge in [0.05, 0.1) is 5.56 Å². The zero-order chi connectivity index (χ0) is 13.1. The lowest BCUT2D eigenvalue weighted by Crippen LogP contribution is -2.42. The Labute approximate surface area is 120 Å². The highest BCUT2D eigenvalue weighted by molar-refractivity contribution is 9.09. The maximum Gasteiger partial charge on any atom is 0.255 e. The third-order valence-electron chi connectivity index (χ3n) is 3.20. The van der Waals surface area contributed by atoms with E-state index in [-0.39, 0.29) is 23.3 Å². The fourth-order valence-corrected chi connectivity index (χ4v) is 3.08. The van der Waals surface area contributed by atoms with E-state index in [2.05, 4.69) is 21.2 Å². The number of alkyl halides is 1. The van der Waals surface area contributed by atoms with Crippen molar-refractivity contribution >= 4 is 33.4 Å². The summed E-state index contributed by atoms with van der Waals surface area (Å²) in [6.45, 7) is 0. The molecule has 1 fully saturated rings. The second kappa shape index (κ2) is 5.93. The van der Waals surface area contributed by atoms with Crippen LogP contribution in [0, 0.1) is 0 Å². The van der Waals surface area contributed by atoms with Crippen molar-refractivity contribution in [1.82, 2.24) is 5.32 Å². The van der Waals surface area contributed by atoms with Gasteiger partial charge in [0.2, 0.25) is 0 Å². The summed E-state index contributed by atoms with van der Waals surface area (Å²) in [5.41, 5.74) is 0.229. The minimum atomic E-state index is -0.272. The number of carbonyl (C=O) groups is 1. The topological polar surface area (TPSA) is 49.3 Å². The highest BCUT2D eigenvalue weighted by Crippen LogP contribution is 2.26. The number of nitrogens with one attached hydrogen (secondary N) is 1. The van der Waals surface area contributed by atoms with Crippen molar-refractivity contribution in [1.29, 1.82) is 0 Å². The summed E-state index contributed by atoms with van der Waals surface area (Å²) in [4.78, 5) is 12.4. The number of rotatable bonds is 2. The Balaban J connectivity index is 2.09. The van der Waals surface area contributed by atoms with Gasteiger partial charge in [0.1, 0.15) is 5.75 Å². The third kappa shape index (κ3) is 3.18. The standard InChI is InChI=1S/C13H15BrClNO2/c14-10-3-1-2-4-11(10)16-13(18)9-7-8(15)5-6-12(9)17/h5-7,10-11,17H,1-4H2,(H,16,18). The first kappa shape index (κ1) is 13.7. The number of hydrogen-bond acceptors (Lipinski definition) is 2. The molecule has 1 saturated carbocycles. The van der Waals surface area contributed by atoms with Crippen molar-refractivity contribution in [2.45, 2.75) is 36.6 Å². The van der Waals surface area contributed by atoms with E-state index in [1.807, 2.05) is 0 Å². The molecule has 0 bridgehead atoms. The van der Waals surface area contributed by atoms with Crippen molar-refractivity contribution in [2.75, 3.05) is 0 Å². The van der Waals surface area contributed by atoms with E-state index in [4.69, 9.17) is 11.6 Å². The molecular formula is C13H15BrClNO2. The van der Waals surface area contributed by atoms with Gasteiger partial charge in [-0.1, -0.05) is 40.4 Å². The zero-order valence-electron chi connectivity index (χ0n) is 9.83. The Morgan fingerprint density at radius 3 is 2.83 bits per heavy atom. The predicted molar refractivity (Wildman–Crippen MR) is 75.6 cm³/mol. The van der Waals surface area contributed by atoms with Gasteiger partial charge >= 0.3 is 0 Å². The van der Waals surface area contributed by atoms with Gasteiger partial charge in [0.15, 0.2) is 0 Å². The van der Waals surface area contributed by atoms with Crippen molar-refractivity contribution in [3.63, 3.8) is 0 Å². The van der Waals surface area contributed by atoms with Crippen LogP contribution in [-0.4, -0.2) is 21.9 Å². The first-order valence-electron chi connectivity index (χ1n) is 6.01. The lowest BCUT2D eigenvalue weighted by Gasteiger charge is -2.28. The van der Waals surface area contributed by atoms with E-state index in [0.717, 1.165) is 19.3 Å². The summed E-state index contributed by atoms with van der Waals surface area (Å²) in [5.74, 6) is -0.315. The Morgan fingerprint density at radius 1 is 1.39 bits per heavy atom. The van der Waals surface area contributed by atoms with Crippen LogP contribution >= 0.6 is 27.5 Å². The molecule has 0 spiro atoms. The van der Waals surface area contributed by atoms with Gasteiger partial charge in [0, 0.05) is 15.9 Å². The molecule has 1 aromatic carbocycles. The monoisotopic (exact) mass is 331 g/mol. The van der Waals surface area contributed by atoms with Crippen molar-refractivity contribution in [3.8, 4) is 5.75 Å². The summed E-state index contributed by atoms with van der Waals surface area (Å²) >= 11 is 9.42. The first-order valence-corrected chi connectivity index (χ1v) is 7.31. The molecule has 2 N–H and O–H groups in total. The Kier molecular flexibility index (Phi) is 4.51. The number of phenolic OH excluding ortho intramolecular Hbond substituents is 1. The fourth-order valence-electron chi connectivity index (χ4n) is 2.18. The van der Waals surface area contributed by atoms with Gasteiger partial charge in [-0.25, -0.2) is 0 Å². The summed E-state index contributed by atoms with van der Waals surface area (Å²) < 4.78 is 0. The normalized spacial score (nSPS) is 23.7. The SMILES string of the molecule is O=C(NC1CCCCC1Br)c1cc(Cl)ccc1O. The molecule has 0 aromatic heterocycles. The quantitative estimate of drug-likeness (QED) is 0.815. The van der Waals surface area contributed by atoms with Gasteiger partial charge in [-0.15, -0.1) is 0 Å². The van der Waals surface area contributed by atoms with Crippen LogP contribution in [0.3, 0.4) is 0 Å². The molecule has 5 heteroatoms. The van der Waals surface area contributed by atoms with Crippen LogP contribution in [-0.2, 0) is 0 Å². The first-order chi connectivity index (χ1) is 8.58. The second-order valence-corrected chi connectivity index (χ2v) is 6.15. The van der Waals surface area contributed by atoms with E-state index in [1.54, 1.807) is 6.07 Å². The average Bonchev–Trinajstić information content (AvgIpc) is 2.35. The van der Waals surface area contributed by atoms with Crippen LogP contribution in [0.25, 0.3) is 0 Å². The zero-order valence-corrected chi connectivity index (χ0v) is 12.2. The maximum atomic E-state index is 12.1. The maximum absolute atomic E-state index is 12.1. The second-order valence-electron chi connectivity index (χ2n) is 4.54. The number of aromatic hydroxyl groups is 1. The molecule has 3 nitrogen and oxygen atoms in total. The highest BCUT2D eigenvalue weighted by atomic mass is 79.9. The lowest BCUT2D eigenvalue weighted by atomic mass is 9.95. The number of hydrogen-bond donors (Lipinski definition) is 2. The van der Waals surface area contributed by atoms with Crippen LogP contribution in [0.15, 0.2) is 18.2 Å². The smallest absolute Gasteiger partial charge is 0.255 e. The molecule has 0 aliphatic heterocycles. The van der Waals surface area contributed by atoms with Gasteiger partial charge in [0.25, 0.3) is 5.91 Å². The Morgan fingerprint density at radius 2 is 2.11 bits per heavy atom. The van der Waals surface area contributed by atoms with Crippen LogP contribution in [0.2, 0.25) is 5.02 Å². The van der Waals surface area contributed by atoms with Crippen LogP contribution in [0.4, 0.5) is 0 Å². The Bertz CT molecular complexity index is 453. The lowest BCUT2D eigenvalue weighted by molar-refractivity contribution is 0.0927. The molecule has 2 unspecified atom stereocenters. The van der Waals surface area contributed by atoms with E-state index < -0.39 is 0 Å². The molecule has 0 radical (unpaired) electrons. The minimum Gasteiger partial charge on any atom is -0.507 e. The van der Waals surface area contributed by atoms with Crippen molar-refractivity contribution in [3.05, 3.63) is 28.8 Å². The average molecular weight is 333 g/mol. The highest BCUT2D eigenvalue weighted by Gasteiger charge is 2.25. The summed E-state index contributed by atoms with van der Waals surface area (Å²) in [6.07, 6.45) is 4.33. The van der Waals surface area contributed by atoms with Gasteiger partial charge in [-0.3, -0.25) is 4.79 Å². The van der Waals surface area contributed by atoms with Gasteiger partial charge < -0.3 is 10.4 Å². The molecule has 1 amide bonds. The van der Waals surface area contributed by atoms with Gasteiger partial charge in [-0.2, -0.15) is 0 Å². The van der Waals surface area contributed by atoms with E-state index in [1.165, 1.54) is 18.6 Å². The molecule has 2 rings (SSSR count). The minimum absolute atomic E-state index is 0.0427. The molecule has 1 aliphatic carbocycles. The number of halogens is 2. The van der Waals surface area contributed by atoms with E-state index in [9.17, 15) is 9.90 Å². The van der Waals surface area contributed by atoms with Crippen LogP contribution < -0.4 is 5.32 Å². The summed E-state index contributed by atoms with van der Waals surface area (Å²) in [5, 5.41) is 13.1. The van der Waals surface area contributed by atoms with Crippen LogP contribution in [0.1, 0.15) is 36.0 Å². The summed E-state index contributed by atoms with van der Waals surface area (Å²) in [7, 11) is 0. The fraction of sp³-hybridized carbons (Fsp3) is 0.462. The number of benzene rings is 1. The molecule has 98 valence electrons. The summed E-state index contributed by atoms with van der Waals surface area (Å²) in [6, 6.07) is 4.59. The number of carbonyl (C=O) groups excluding carboxylic acids is 1. The number of amides is 1. The molecule has 2 atom stereocenters. The molecule has 18 heavy (non-hydrogen) atoms. The van der Waals surface area contributed by atoms with Gasteiger partial charge in [-0.05, 0) is 31.0 Å². The molecule has 0 saturated heterocycles. The predicted octanol–water partition coefficient (Wildman–Crippen LogP) is 3.48. The Hall–Kier alpha value is -0.740. The molecular weight excluding hydrogens is 318 g/mol. The van der Waals surface area contributed by atoms with Crippen molar-refractivity contribution < 1.29 is 9.90 Å². The van der Waals surface area contributed by atoms with E-state index >= 15 is 0 Å². The van der Waals surface area contributed by atoms with Crippen molar-refractivity contribution in [2.24, 2.45) is 0 Å². The largest absolute Gasteiger partial charge is 0.507 e. The van der Waals surface area contributed by atoms with E-state index in [0.29, 0.717) is 9.85 Å². The number of phenols is 1. The molecule has 0 heterocycles.